The summed E-state index contributed by atoms with van der Waals surface area (Å²) in [5, 5.41) is 3.62. The second-order valence-electron chi connectivity index (χ2n) is 7.52. The number of benzene rings is 1. The van der Waals surface area contributed by atoms with Crippen LogP contribution < -0.4 is 15.0 Å². The van der Waals surface area contributed by atoms with E-state index in [0.29, 0.717) is 6.04 Å². The third-order valence-electron chi connectivity index (χ3n) is 5.43. The highest BCUT2D eigenvalue weighted by Crippen LogP contribution is 2.26. The van der Waals surface area contributed by atoms with Crippen LogP contribution in [-0.2, 0) is 11.3 Å². The average molecular weight is 462 g/mol. The van der Waals surface area contributed by atoms with Crippen LogP contribution in [0.5, 0.6) is 5.75 Å². The Morgan fingerprint density at radius 1 is 1.24 bits per heavy atom. The quantitative estimate of drug-likeness (QED) is 0.708. The second kappa shape index (κ2) is 9.73. The molecule has 2 saturated heterocycles. The summed E-state index contributed by atoms with van der Waals surface area (Å²) in [6, 6.07) is 8.51. The molecule has 0 spiro atoms. The molecule has 2 aromatic rings. The van der Waals surface area contributed by atoms with Crippen molar-refractivity contribution >= 4 is 27.7 Å². The van der Waals surface area contributed by atoms with Crippen LogP contribution in [0.3, 0.4) is 0 Å². The highest BCUT2D eigenvalue weighted by molar-refractivity contribution is 9.10. The molecule has 0 aliphatic carbocycles. The number of hydrogen-bond donors (Lipinski definition) is 1. The van der Waals surface area contributed by atoms with Crippen molar-refractivity contribution in [2.24, 2.45) is 0 Å². The van der Waals surface area contributed by atoms with Crippen molar-refractivity contribution in [3.63, 3.8) is 0 Å². The number of methoxy groups -OCH3 is 1. The predicted octanol–water partition coefficient (Wildman–Crippen LogP) is 3.16. The second-order valence-corrected chi connectivity index (χ2v) is 8.43. The minimum Gasteiger partial charge on any atom is -0.496 e. The summed E-state index contributed by atoms with van der Waals surface area (Å²) >= 11 is 3.57. The minimum absolute atomic E-state index is 0.370. The van der Waals surface area contributed by atoms with Crippen molar-refractivity contribution in [3.05, 3.63) is 40.5 Å². The van der Waals surface area contributed by atoms with E-state index in [9.17, 15) is 0 Å². The van der Waals surface area contributed by atoms with Gasteiger partial charge >= 0.3 is 0 Å². The third kappa shape index (κ3) is 5.38. The largest absolute Gasteiger partial charge is 0.496 e. The van der Waals surface area contributed by atoms with E-state index in [-0.39, 0.29) is 0 Å². The number of nitrogens with one attached hydrogen (secondary N) is 1. The van der Waals surface area contributed by atoms with Gasteiger partial charge in [-0.3, -0.25) is 4.90 Å². The maximum absolute atomic E-state index is 5.54. The van der Waals surface area contributed by atoms with Gasteiger partial charge in [0.05, 0.1) is 20.3 Å². The van der Waals surface area contributed by atoms with Crippen molar-refractivity contribution in [2.45, 2.75) is 25.4 Å². The number of likely N-dealkylation sites (tertiary alicyclic amines) is 1. The molecule has 8 heteroatoms. The number of piperidine rings is 1. The van der Waals surface area contributed by atoms with Gasteiger partial charge in [0.1, 0.15) is 11.6 Å². The van der Waals surface area contributed by atoms with Gasteiger partial charge < -0.3 is 19.7 Å². The monoisotopic (exact) mass is 461 g/mol. The van der Waals surface area contributed by atoms with Gasteiger partial charge in [0.2, 0.25) is 5.95 Å². The molecule has 1 N–H and O–H groups in total. The zero-order valence-corrected chi connectivity index (χ0v) is 18.4. The lowest BCUT2D eigenvalue weighted by Gasteiger charge is -2.34. The van der Waals surface area contributed by atoms with Crippen LogP contribution in [0.15, 0.2) is 34.9 Å². The molecule has 2 aliphatic heterocycles. The Labute approximate surface area is 180 Å². The number of rotatable bonds is 6. The maximum atomic E-state index is 5.54. The molecule has 7 nitrogen and oxygen atoms in total. The Morgan fingerprint density at radius 3 is 2.93 bits per heavy atom. The van der Waals surface area contributed by atoms with E-state index >= 15 is 0 Å². The van der Waals surface area contributed by atoms with E-state index in [2.05, 4.69) is 42.1 Å². The molecule has 0 bridgehead atoms. The molecule has 3 heterocycles. The normalized spacial score (nSPS) is 20.5. The molecule has 1 aromatic heterocycles. The zero-order chi connectivity index (χ0) is 20.1. The molecule has 1 unspecified atom stereocenters. The number of hydrogen-bond acceptors (Lipinski definition) is 7. The van der Waals surface area contributed by atoms with Gasteiger partial charge in [0, 0.05) is 48.5 Å². The third-order valence-corrected chi connectivity index (χ3v) is 5.92. The van der Waals surface area contributed by atoms with Crippen molar-refractivity contribution in [3.8, 4) is 5.75 Å². The first-order chi connectivity index (χ1) is 14.2. The first-order valence-electron chi connectivity index (χ1n) is 10.2. The average Bonchev–Trinajstić information content (AvgIpc) is 2.75. The SMILES string of the molecule is COc1ccc(Br)cc1CN1CCCC(Nc2ccnc(N3CCOCC3)n2)C1. The summed E-state index contributed by atoms with van der Waals surface area (Å²) in [4.78, 5) is 13.9. The zero-order valence-electron chi connectivity index (χ0n) is 16.8. The van der Waals surface area contributed by atoms with E-state index in [0.717, 1.165) is 80.8 Å². The number of halogens is 1. The molecular formula is C21H28BrN5O2. The Bertz CT molecular complexity index is 815. The standard InChI is InChI=1S/C21H28BrN5O2/c1-28-19-5-4-17(22)13-16(19)14-26-8-2-3-18(15-26)24-20-6-7-23-21(25-20)27-9-11-29-12-10-27/h4-7,13,18H,2-3,8-12,14-15H2,1H3,(H,23,24,25). The van der Waals surface area contributed by atoms with Crippen molar-refractivity contribution in [2.75, 3.05) is 56.7 Å². The molecule has 4 rings (SSSR count). The van der Waals surface area contributed by atoms with E-state index in [4.69, 9.17) is 14.5 Å². The molecule has 0 radical (unpaired) electrons. The molecule has 1 aromatic carbocycles. The first-order valence-corrected chi connectivity index (χ1v) is 11.0. The lowest BCUT2D eigenvalue weighted by Crippen LogP contribution is -2.42. The van der Waals surface area contributed by atoms with Crippen LogP contribution in [0.25, 0.3) is 0 Å². The van der Waals surface area contributed by atoms with Crippen LogP contribution in [0.2, 0.25) is 0 Å². The summed E-state index contributed by atoms with van der Waals surface area (Å²) in [6.07, 6.45) is 4.14. The number of morpholine rings is 1. The van der Waals surface area contributed by atoms with Crippen molar-refractivity contribution < 1.29 is 9.47 Å². The minimum atomic E-state index is 0.370. The summed E-state index contributed by atoms with van der Waals surface area (Å²) in [6.45, 7) is 6.10. The Hall–Kier alpha value is -1.90. The molecule has 2 aliphatic rings. The van der Waals surface area contributed by atoms with Crippen LogP contribution in [0.4, 0.5) is 11.8 Å². The predicted molar refractivity (Wildman–Crippen MR) is 118 cm³/mol. The Morgan fingerprint density at radius 2 is 2.10 bits per heavy atom. The summed E-state index contributed by atoms with van der Waals surface area (Å²) < 4.78 is 12.0. The van der Waals surface area contributed by atoms with Crippen LogP contribution >= 0.6 is 15.9 Å². The van der Waals surface area contributed by atoms with E-state index in [1.165, 1.54) is 5.56 Å². The first kappa shape index (κ1) is 20.4. The Balaban J connectivity index is 1.38. The van der Waals surface area contributed by atoms with Crippen LogP contribution in [0, 0.1) is 0 Å². The van der Waals surface area contributed by atoms with Gasteiger partial charge in [-0.05, 0) is 43.7 Å². The maximum Gasteiger partial charge on any atom is 0.227 e. The molecule has 1 atom stereocenters. The Kier molecular flexibility index (Phi) is 6.84. The summed E-state index contributed by atoms with van der Waals surface area (Å²) in [5.74, 6) is 2.62. The number of nitrogens with zero attached hydrogens (tertiary/aromatic N) is 4. The van der Waals surface area contributed by atoms with Gasteiger partial charge in [-0.1, -0.05) is 15.9 Å². The van der Waals surface area contributed by atoms with Crippen molar-refractivity contribution in [1.29, 1.82) is 0 Å². The van der Waals surface area contributed by atoms with E-state index < -0.39 is 0 Å². The lowest BCUT2D eigenvalue weighted by atomic mass is 10.0. The molecule has 156 valence electrons. The lowest BCUT2D eigenvalue weighted by molar-refractivity contribution is 0.122. The molecule has 29 heavy (non-hydrogen) atoms. The molecular weight excluding hydrogens is 434 g/mol. The van der Waals surface area contributed by atoms with E-state index in [1.54, 1.807) is 7.11 Å². The smallest absolute Gasteiger partial charge is 0.227 e. The van der Waals surface area contributed by atoms with Gasteiger partial charge in [-0.25, -0.2) is 4.98 Å². The summed E-state index contributed by atoms with van der Waals surface area (Å²) in [5.41, 5.74) is 1.21. The van der Waals surface area contributed by atoms with E-state index in [1.807, 2.05) is 24.4 Å². The van der Waals surface area contributed by atoms with Crippen LogP contribution in [0.1, 0.15) is 18.4 Å². The number of anilines is 2. The highest BCUT2D eigenvalue weighted by atomic mass is 79.9. The number of aromatic nitrogens is 2. The fourth-order valence-electron chi connectivity index (χ4n) is 3.98. The van der Waals surface area contributed by atoms with Gasteiger partial charge in [-0.15, -0.1) is 0 Å². The van der Waals surface area contributed by atoms with Crippen LogP contribution in [-0.4, -0.2) is 67.4 Å². The van der Waals surface area contributed by atoms with Gasteiger partial charge in [-0.2, -0.15) is 4.98 Å². The summed E-state index contributed by atoms with van der Waals surface area (Å²) in [7, 11) is 1.73. The fraction of sp³-hybridized carbons (Fsp3) is 0.524. The number of ether oxygens (including phenoxy) is 2. The highest BCUT2D eigenvalue weighted by Gasteiger charge is 2.22. The topological polar surface area (TPSA) is 62.8 Å². The van der Waals surface area contributed by atoms with Crippen molar-refractivity contribution in [1.82, 2.24) is 14.9 Å². The van der Waals surface area contributed by atoms with Gasteiger partial charge in [0.15, 0.2) is 0 Å². The molecule has 2 fully saturated rings. The molecule has 0 saturated carbocycles. The fourth-order valence-corrected chi connectivity index (χ4v) is 4.39. The van der Waals surface area contributed by atoms with Gasteiger partial charge in [0.25, 0.3) is 0 Å². The molecule has 0 amide bonds.